The monoisotopic (exact) mass is 445 g/mol. The van der Waals surface area contributed by atoms with Crippen LogP contribution in [0, 0.1) is 6.92 Å². The number of imidazole rings is 1. The number of hydrogen-bond acceptors (Lipinski definition) is 6. The van der Waals surface area contributed by atoms with Crippen LogP contribution in [-0.2, 0) is 11.0 Å². The minimum Gasteiger partial charge on any atom is -0.340 e. The van der Waals surface area contributed by atoms with Crippen LogP contribution in [0.25, 0.3) is 17.0 Å². The highest BCUT2D eigenvalue weighted by molar-refractivity contribution is 8.00. The molecule has 31 heavy (non-hydrogen) atoms. The highest BCUT2D eigenvalue weighted by Crippen LogP contribution is 2.47. The summed E-state index contributed by atoms with van der Waals surface area (Å²) in [5, 5.41) is 6.54. The standard InChI is InChI=1S/C19H14F3N7OS/c1-9-13-15(10-4-2-3-5-11(10)19(20,21)22)31-6-12(30)27-17(13)29(28-9)18-14-16(24-7-23-14)25-8-26-18/h2-5,7-8,15H,6H2,1H3,(H,27,30)(H,23,24,25,26)/t15-/m1/s1. The maximum Gasteiger partial charge on any atom is 0.416 e. The van der Waals surface area contributed by atoms with Crippen molar-refractivity contribution in [3.8, 4) is 5.82 Å². The van der Waals surface area contributed by atoms with Gasteiger partial charge >= 0.3 is 6.18 Å². The van der Waals surface area contributed by atoms with Crippen LogP contribution in [0.1, 0.15) is 27.6 Å². The number of fused-ring (bicyclic) bond motifs is 2. The molecule has 8 nitrogen and oxygen atoms in total. The number of aromatic nitrogens is 6. The Morgan fingerprint density at radius 1 is 1.19 bits per heavy atom. The zero-order valence-electron chi connectivity index (χ0n) is 15.9. The molecule has 1 aliphatic rings. The molecule has 3 aromatic heterocycles. The van der Waals surface area contributed by atoms with Gasteiger partial charge in [0.15, 0.2) is 11.5 Å². The molecule has 0 fully saturated rings. The number of rotatable bonds is 2. The number of amides is 1. The normalized spacial score (nSPS) is 16.8. The Bertz CT molecular complexity index is 1310. The van der Waals surface area contributed by atoms with Crippen LogP contribution in [0.2, 0.25) is 0 Å². The molecule has 4 heterocycles. The van der Waals surface area contributed by atoms with Gasteiger partial charge in [-0.25, -0.2) is 15.0 Å². The van der Waals surface area contributed by atoms with Crippen LogP contribution in [0.5, 0.6) is 0 Å². The number of H-pyrrole nitrogens is 1. The van der Waals surface area contributed by atoms with Crippen LogP contribution in [0.15, 0.2) is 36.9 Å². The highest BCUT2D eigenvalue weighted by Gasteiger charge is 2.38. The third-order valence-corrected chi connectivity index (χ3v) is 6.21. The average molecular weight is 445 g/mol. The molecule has 0 bridgehead atoms. The molecule has 0 unspecified atom stereocenters. The summed E-state index contributed by atoms with van der Waals surface area (Å²) in [6.45, 7) is 1.70. The summed E-state index contributed by atoms with van der Waals surface area (Å²) in [5.74, 6) is 0.272. The van der Waals surface area contributed by atoms with Crippen molar-refractivity contribution in [1.82, 2.24) is 29.7 Å². The Morgan fingerprint density at radius 3 is 2.81 bits per heavy atom. The number of alkyl halides is 3. The van der Waals surface area contributed by atoms with Gasteiger partial charge in [0, 0.05) is 5.56 Å². The first-order valence-corrected chi connectivity index (χ1v) is 10.2. The Kier molecular flexibility index (Phi) is 4.46. The van der Waals surface area contributed by atoms with Crippen molar-refractivity contribution in [2.24, 2.45) is 0 Å². The van der Waals surface area contributed by atoms with Gasteiger partial charge in [-0.2, -0.15) is 23.0 Å². The summed E-state index contributed by atoms with van der Waals surface area (Å²) < 4.78 is 42.6. The second-order valence-electron chi connectivity index (χ2n) is 6.88. The number of carbonyl (C=O) groups excluding carboxylic acids is 1. The maximum absolute atomic E-state index is 13.7. The minimum atomic E-state index is -4.53. The lowest BCUT2D eigenvalue weighted by atomic mass is 9.98. The van der Waals surface area contributed by atoms with Gasteiger partial charge in [-0.1, -0.05) is 18.2 Å². The lowest BCUT2D eigenvalue weighted by molar-refractivity contribution is -0.138. The highest BCUT2D eigenvalue weighted by atomic mass is 32.2. The quantitative estimate of drug-likeness (QED) is 0.489. The smallest absolute Gasteiger partial charge is 0.340 e. The number of hydrogen-bond donors (Lipinski definition) is 2. The zero-order valence-corrected chi connectivity index (χ0v) is 16.8. The molecule has 158 valence electrons. The predicted octanol–water partition coefficient (Wildman–Crippen LogP) is 3.64. The fourth-order valence-corrected chi connectivity index (χ4v) is 4.90. The Morgan fingerprint density at radius 2 is 2.00 bits per heavy atom. The minimum absolute atomic E-state index is 0.00573. The zero-order chi connectivity index (χ0) is 21.8. The van der Waals surface area contributed by atoms with Gasteiger partial charge in [-0.05, 0) is 18.6 Å². The topological polar surface area (TPSA) is 101 Å². The number of anilines is 1. The van der Waals surface area contributed by atoms with Crippen molar-refractivity contribution >= 4 is 34.7 Å². The van der Waals surface area contributed by atoms with Crippen LogP contribution in [0.3, 0.4) is 0 Å². The Labute approximate surface area is 177 Å². The lowest BCUT2D eigenvalue weighted by Gasteiger charge is -2.20. The molecule has 4 aromatic rings. The van der Waals surface area contributed by atoms with Gasteiger partial charge < -0.3 is 10.3 Å². The van der Waals surface area contributed by atoms with Crippen LogP contribution < -0.4 is 5.32 Å². The molecule has 0 spiro atoms. The number of nitrogens with one attached hydrogen (secondary N) is 2. The van der Waals surface area contributed by atoms with E-state index >= 15 is 0 Å². The fraction of sp³-hybridized carbons (Fsp3) is 0.211. The van der Waals surface area contributed by atoms with Crippen molar-refractivity contribution in [3.05, 3.63) is 59.3 Å². The molecule has 1 aromatic carbocycles. The molecule has 1 amide bonds. The number of nitrogens with zero attached hydrogens (tertiary/aromatic N) is 5. The van der Waals surface area contributed by atoms with Crippen molar-refractivity contribution < 1.29 is 18.0 Å². The van der Waals surface area contributed by atoms with Gasteiger partial charge in [-0.15, -0.1) is 11.8 Å². The van der Waals surface area contributed by atoms with Gasteiger partial charge in [0.2, 0.25) is 5.91 Å². The molecule has 1 atom stereocenters. The number of aryl methyl sites for hydroxylation is 1. The molecule has 5 rings (SSSR count). The summed E-state index contributed by atoms with van der Waals surface area (Å²) in [6.07, 6.45) is -1.76. The number of halogens is 3. The maximum atomic E-state index is 13.7. The number of benzene rings is 1. The molecular formula is C19H14F3N7OS. The summed E-state index contributed by atoms with van der Waals surface area (Å²) in [4.78, 5) is 27.8. The Hall–Kier alpha value is -3.41. The Balaban J connectivity index is 1.75. The van der Waals surface area contributed by atoms with Gasteiger partial charge in [0.25, 0.3) is 0 Å². The van der Waals surface area contributed by atoms with E-state index in [1.807, 2.05) is 0 Å². The second-order valence-corrected chi connectivity index (χ2v) is 7.98. The SMILES string of the molecule is Cc1nn(-c2ncnc3nc[nH]c23)c2c1[C@@H](c1ccccc1C(F)(F)F)SCC(=O)N2. The van der Waals surface area contributed by atoms with Gasteiger partial charge in [0.05, 0.1) is 28.6 Å². The molecular weight excluding hydrogens is 431 g/mol. The van der Waals surface area contributed by atoms with E-state index in [9.17, 15) is 18.0 Å². The first-order chi connectivity index (χ1) is 14.8. The van der Waals surface area contributed by atoms with Crippen LogP contribution >= 0.6 is 11.8 Å². The summed E-state index contributed by atoms with van der Waals surface area (Å²) in [5.41, 5.74) is 1.22. The average Bonchev–Trinajstić information content (AvgIpc) is 3.28. The molecule has 0 saturated carbocycles. The molecule has 2 N–H and O–H groups in total. The van der Waals surface area contributed by atoms with E-state index in [-0.39, 0.29) is 23.0 Å². The van der Waals surface area contributed by atoms with E-state index in [1.54, 1.807) is 13.0 Å². The van der Waals surface area contributed by atoms with E-state index in [4.69, 9.17) is 0 Å². The lowest BCUT2D eigenvalue weighted by Crippen LogP contribution is -2.16. The van der Waals surface area contributed by atoms with Gasteiger partial charge in [-0.3, -0.25) is 4.79 Å². The first-order valence-electron chi connectivity index (χ1n) is 9.16. The third-order valence-electron chi connectivity index (χ3n) is 4.96. The van der Waals surface area contributed by atoms with Crippen molar-refractivity contribution in [2.75, 3.05) is 11.1 Å². The van der Waals surface area contributed by atoms with E-state index in [0.717, 1.165) is 17.8 Å². The largest absolute Gasteiger partial charge is 0.416 e. The van der Waals surface area contributed by atoms with Crippen LogP contribution in [-0.4, -0.2) is 41.4 Å². The van der Waals surface area contributed by atoms with E-state index in [2.05, 4.69) is 30.4 Å². The number of carbonyl (C=O) groups is 1. The predicted molar refractivity (Wildman–Crippen MR) is 108 cm³/mol. The molecule has 0 saturated heterocycles. The van der Waals surface area contributed by atoms with Crippen LogP contribution in [0.4, 0.5) is 19.0 Å². The van der Waals surface area contributed by atoms with E-state index < -0.39 is 17.0 Å². The van der Waals surface area contributed by atoms with E-state index in [1.165, 1.54) is 29.5 Å². The fourth-order valence-electron chi connectivity index (χ4n) is 3.68. The van der Waals surface area contributed by atoms with Gasteiger partial charge in [0.1, 0.15) is 17.7 Å². The number of aromatic amines is 1. The summed E-state index contributed by atoms with van der Waals surface area (Å²) in [7, 11) is 0. The van der Waals surface area contributed by atoms with Crippen molar-refractivity contribution in [3.63, 3.8) is 0 Å². The number of thioether (sulfide) groups is 1. The van der Waals surface area contributed by atoms with E-state index in [0.29, 0.717) is 28.2 Å². The van der Waals surface area contributed by atoms with Crippen molar-refractivity contribution in [2.45, 2.75) is 18.3 Å². The third kappa shape index (κ3) is 3.23. The first kappa shape index (κ1) is 19.5. The summed E-state index contributed by atoms with van der Waals surface area (Å²) in [6, 6.07) is 5.40. The van der Waals surface area contributed by atoms with Crippen molar-refractivity contribution in [1.29, 1.82) is 0 Å². The molecule has 0 aliphatic carbocycles. The molecule has 0 radical (unpaired) electrons. The molecule has 12 heteroatoms. The summed E-state index contributed by atoms with van der Waals surface area (Å²) >= 11 is 1.13. The molecule has 1 aliphatic heterocycles. The second kappa shape index (κ2) is 7.08.